The molecular weight excluding hydrogens is 330 g/mol. The number of aryl methyl sites for hydroxylation is 3. The first-order valence-corrected chi connectivity index (χ1v) is 8.72. The number of nitrogens with zero attached hydrogens (tertiary/aromatic N) is 4. The fraction of sp³-hybridized carbons (Fsp3) is 0.368. The van der Waals surface area contributed by atoms with Crippen molar-refractivity contribution in [3.05, 3.63) is 51.7 Å². The van der Waals surface area contributed by atoms with Gasteiger partial charge >= 0.3 is 0 Å². The average molecular weight is 353 g/mol. The summed E-state index contributed by atoms with van der Waals surface area (Å²) in [6.07, 6.45) is 0.963. The summed E-state index contributed by atoms with van der Waals surface area (Å²) >= 11 is 0. The number of hydrogen-bond acceptors (Lipinski definition) is 4. The second-order valence-electron chi connectivity index (χ2n) is 6.41. The van der Waals surface area contributed by atoms with Gasteiger partial charge in [0.2, 0.25) is 5.91 Å². The highest BCUT2D eigenvalue weighted by Crippen LogP contribution is 2.19. The van der Waals surface area contributed by atoms with Crippen LogP contribution in [0.5, 0.6) is 0 Å². The summed E-state index contributed by atoms with van der Waals surface area (Å²) < 4.78 is 3.10. The van der Waals surface area contributed by atoms with Crippen molar-refractivity contribution in [1.29, 1.82) is 0 Å². The Labute approximate surface area is 151 Å². The number of nitrogens with one attached hydrogen (secondary N) is 1. The average Bonchev–Trinajstić information content (AvgIpc) is 2.87. The molecule has 0 aliphatic heterocycles. The van der Waals surface area contributed by atoms with Gasteiger partial charge in [-0.3, -0.25) is 14.3 Å². The van der Waals surface area contributed by atoms with Crippen molar-refractivity contribution >= 4 is 22.4 Å². The molecule has 0 saturated carbocycles. The molecule has 2 aromatic heterocycles. The van der Waals surface area contributed by atoms with Crippen LogP contribution in [0.25, 0.3) is 10.8 Å². The third-order valence-corrected chi connectivity index (χ3v) is 4.43. The van der Waals surface area contributed by atoms with Crippen molar-refractivity contribution in [1.82, 2.24) is 19.6 Å². The molecule has 0 bridgehead atoms. The summed E-state index contributed by atoms with van der Waals surface area (Å²) in [5.41, 5.74) is 2.83. The van der Waals surface area contributed by atoms with Crippen molar-refractivity contribution in [2.45, 2.75) is 47.2 Å². The van der Waals surface area contributed by atoms with E-state index in [4.69, 9.17) is 0 Å². The third-order valence-electron chi connectivity index (χ3n) is 4.43. The van der Waals surface area contributed by atoms with Crippen LogP contribution in [0.2, 0.25) is 0 Å². The molecule has 1 aromatic carbocycles. The van der Waals surface area contributed by atoms with Crippen LogP contribution in [0.15, 0.2) is 29.1 Å². The number of hydrogen-bond donors (Lipinski definition) is 1. The highest BCUT2D eigenvalue weighted by Gasteiger charge is 2.16. The largest absolute Gasteiger partial charge is 0.321 e. The normalized spacial score (nSPS) is 11.1. The summed E-state index contributed by atoms with van der Waals surface area (Å²) in [7, 11) is 0. The lowest BCUT2D eigenvalue weighted by Crippen LogP contribution is -2.30. The van der Waals surface area contributed by atoms with Gasteiger partial charge in [-0.2, -0.15) is 10.2 Å². The molecule has 7 heteroatoms. The lowest BCUT2D eigenvalue weighted by atomic mass is 10.1. The van der Waals surface area contributed by atoms with Crippen LogP contribution in [-0.2, 0) is 17.9 Å². The van der Waals surface area contributed by atoms with Crippen molar-refractivity contribution in [2.24, 2.45) is 0 Å². The maximum Gasteiger partial charge on any atom is 0.275 e. The Balaban J connectivity index is 1.87. The van der Waals surface area contributed by atoms with Crippen LogP contribution in [0.4, 0.5) is 5.69 Å². The molecule has 7 nitrogen and oxygen atoms in total. The van der Waals surface area contributed by atoms with Gasteiger partial charge in [0.1, 0.15) is 6.54 Å². The van der Waals surface area contributed by atoms with Gasteiger partial charge in [0.05, 0.1) is 28.2 Å². The van der Waals surface area contributed by atoms with Crippen LogP contribution in [-0.4, -0.2) is 25.5 Å². The fourth-order valence-corrected chi connectivity index (χ4v) is 3.13. The predicted molar refractivity (Wildman–Crippen MR) is 101 cm³/mol. The monoisotopic (exact) mass is 353 g/mol. The Hall–Kier alpha value is -2.96. The number of aromatic nitrogens is 4. The number of fused-ring (bicyclic) bond motifs is 1. The van der Waals surface area contributed by atoms with E-state index in [1.165, 1.54) is 4.68 Å². The van der Waals surface area contributed by atoms with Crippen molar-refractivity contribution in [3.63, 3.8) is 0 Å². The lowest BCUT2D eigenvalue weighted by molar-refractivity contribution is -0.117. The molecule has 0 unspecified atom stereocenters. The Morgan fingerprint density at radius 1 is 1.04 bits per heavy atom. The van der Waals surface area contributed by atoms with E-state index in [2.05, 4.69) is 22.4 Å². The zero-order chi connectivity index (χ0) is 18.8. The maximum atomic E-state index is 12.6. The summed E-state index contributed by atoms with van der Waals surface area (Å²) in [6, 6.07) is 7.29. The summed E-state index contributed by atoms with van der Waals surface area (Å²) in [5.74, 6) is -0.295. The van der Waals surface area contributed by atoms with E-state index in [1.54, 1.807) is 6.07 Å². The van der Waals surface area contributed by atoms with Gasteiger partial charge in [0, 0.05) is 11.9 Å². The zero-order valence-electron chi connectivity index (χ0n) is 15.5. The van der Waals surface area contributed by atoms with E-state index < -0.39 is 0 Å². The number of carbonyl (C=O) groups is 1. The summed E-state index contributed by atoms with van der Waals surface area (Å²) in [4.78, 5) is 25.1. The van der Waals surface area contributed by atoms with Gasteiger partial charge in [-0.1, -0.05) is 25.1 Å². The number of benzene rings is 1. The topological polar surface area (TPSA) is 81.8 Å². The maximum absolute atomic E-state index is 12.6. The quantitative estimate of drug-likeness (QED) is 0.764. The lowest BCUT2D eigenvalue weighted by Gasteiger charge is -2.10. The van der Waals surface area contributed by atoms with Gasteiger partial charge in [0.25, 0.3) is 5.56 Å². The molecule has 2 heterocycles. The third kappa shape index (κ3) is 3.24. The van der Waals surface area contributed by atoms with E-state index in [0.717, 1.165) is 35.4 Å². The minimum atomic E-state index is -0.295. The SMILES string of the molecule is CCCn1nc(C)c(NC(=O)Cn2nc(C)c3ccccc3c2=O)c1C. The van der Waals surface area contributed by atoms with Crippen LogP contribution >= 0.6 is 0 Å². The molecule has 0 saturated heterocycles. The molecule has 3 rings (SSSR count). The van der Waals surface area contributed by atoms with Gasteiger partial charge in [0.15, 0.2) is 0 Å². The van der Waals surface area contributed by atoms with E-state index in [-0.39, 0.29) is 18.0 Å². The van der Waals surface area contributed by atoms with E-state index in [9.17, 15) is 9.59 Å². The number of rotatable bonds is 5. The van der Waals surface area contributed by atoms with Gasteiger partial charge in [-0.05, 0) is 33.3 Å². The molecule has 0 atom stereocenters. The van der Waals surface area contributed by atoms with Gasteiger partial charge in [-0.25, -0.2) is 4.68 Å². The highest BCUT2D eigenvalue weighted by molar-refractivity contribution is 5.92. The second kappa shape index (κ2) is 7.11. The number of anilines is 1. The molecule has 0 fully saturated rings. The van der Waals surface area contributed by atoms with Crippen LogP contribution in [0.3, 0.4) is 0 Å². The van der Waals surface area contributed by atoms with Gasteiger partial charge in [-0.15, -0.1) is 0 Å². The molecular formula is C19H23N5O2. The Morgan fingerprint density at radius 3 is 2.38 bits per heavy atom. The van der Waals surface area contributed by atoms with E-state index >= 15 is 0 Å². The van der Waals surface area contributed by atoms with Crippen molar-refractivity contribution in [2.75, 3.05) is 5.32 Å². The second-order valence-corrected chi connectivity index (χ2v) is 6.41. The van der Waals surface area contributed by atoms with Crippen molar-refractivity contribution < 1.29 is 4.79 Å². The minimum absolute atomic E-state index is 0.137. The molecule has 26 heavy (non-hydrogen) atoms. The first kappa shape index (κ1) is 17.8. The van der Waals surface area contributed by atoms with Gasteiger partial charge < -0.3 is 5.32 Å². The first-order valence-electron chi connectivity index (χ1n) is 8.72. The Bertz CT molecular complexity index is 1030. The molecule has 1 amide bonds. The summed E-state index contributed by atoms with van der Waals surface area (Å²) in [5, 5.41) is 13.0. The standard InChI is InChI=1S/C19H23N5O2/c1-5-10-23-14(4)18(13(3)22-23)20-17(25)11-24-19(26)16-9-7-6-8-15(16)12(2)21-24/h6-9H,5,10-11H2,1-4H3,(H,20,25). The highest BCUT2D eigenvalue weighted by atomic mass is 16.2. The van der Waals surface area contributed by atoms with Crippen LogP contribution in [0, 0.1) is 20.8 Å². The van der Waals surface area contributed by atoms with Crippen molar-refractivity contribution in [3.8, 4) is 0 Å². The smallest absolute Gasteiger partial charge is 0.275 e. The van der Waals surface area contributed by atoms with Crippen LogP contribution in [0.1, 0.15) is 30.4 Å². The van der Waals surface area contributed by atoms with E-state index in [1.807, 2.05) is 43.7 Å². The molecule has 0 radical (unpaired) electrons. The van der Waals surface area contributed by atoms with Crippen LogP contribution < -0.4 is 10.9 Å². The Morgan fingerprint density at radius 2 is 1.69 bits per heavy atom. The molecule has 0 spiro atoms. The number of amides is 1. The summed E-state index contributed by atoms with van der Waals surface area (Å²) in [6.45, 7) is 8.36. The fourth-order valence-electron chi connectivity index (χ4n) is 3.13. The van der Waals surface area contributed by atoms with E-state index in [0.29, 0.717) is 11.1 Å². The molecule has 1 N–H and O–H groups in total. The first-order chi connectivity index (χ1) is 12.4. The molecule has 0 aliphatic carbocycles. The zero-order valence-corrected chi connectivity index (χ0v) is 15.5. The minimum Gasteiger partial charge on any atom is -0.321 e. The number of carbonyl (C=O) groups excluding carboxylic acids is 1. The molecule has 3 aromatic rings. The molecule has 136 valence electrons. The Kier molecular flexibility index (Phi) is 4.88. The molecule has 0 aliphatic rings. The predicted octanol–water partition coefficient (Wildman–Crippen LogP) is 2.57.